The zero-order valence-corrected chi connectivity index (χ0v) is 13.5. The molecule has 2 N–H and O–H groups in total. The predicted molar refractivity (Wildman–Crippen MR) is 87.8 cm³/mol. The summed E-state index contributed by atoms with van der Waals surface area (Å²) in [5.41, 5.74) is 3.22. The van der Waals surface area contributed by atoms with E-state index >= 15 is 0 Å². The molecule has 1 aliphatic rings. The molecule has 0 bridgehead atoms. The van der Waals surface area contributed by atoms with Gasteiger partial charge in [0, 0.05) is 37.1 Å². The third-order valence-electron chi connectivity index (χ3n) is 4.23. The van der Waals surface area contributed by atoms with Crippen LogP contribution in [0.15, 0.2) is 30.6 Å². The first-order valence-electron chi connectivity index (χ1n) is 8.10. The quantitative estimate of drug-likeness (QED) is 0.879. The number of aromatic amines is 1. The van der Waals surface area contributed by atoms with E-state index < -0.39 is 0 Å². The highest BCUT2D eigenvalue weighted by Gasteiger charge is 2.24. The Labute approximate surface area is 136 Å². The van der Waals surface area contributed by atoms with Gasteiger partial charge >= 0.3 is 0 Å². The Balaban J connectivity index is 1.48. The van der Waals surface area contributed by atoms with Crippen molar-refractivity contribution in [3.05, 3.63) is 47.5 Å². The second-order valence-electron chi connectivity index (χ2n) is 6.19. The minimum absolute atomic E-state index is 0.0627. The maximum atomic E-state index is 12.1. The van der Waals surface area contributed by atoms with Crippen molar-refractivity contribution in [1.82, 2.24) is 25.4 Å². The molecule has 0 radical (unpaired) electrons. The first-order valence-corrected chi connectivity index (χ1v) is 8.10. The van der Waals surface area contributed by atoms with Gasteiger partial charge in [-0.05, 0) is 44.0 Å². The van der Waals surface area contributed by atoms with Crippen LogP contribution in [0.3, 0.4) is 0 Å². The van der Waals surface area contributed by atoms with Crippen molar-refractivity contribution in [3.8, 4) is 0 Å². The molecule has 3 heterocycles. The van der Waals surface area contributed by atoms with Gasteiger partial charge < -0.3 is 5.32 Å². The van der Waals surface area contributed by atoms with Crippen molar-refractivity contribution >= 4 is 5.91 Å². The summed E-state index contributed by atoms with van der Waals surface area (Å²) in [6.07, 6.45) is 5.75. The zero-order valence-electron chi connectivity index (χ0n) is 13.5. The van der Waals surface area contributed by atoms with Crippen LogP contribution in [0.5, 0.6) is 0 Å². The van der Waals surface area contributed by atoms with Crippen LogP contribution < -0.4 is 5.32 Å². The SMILES string of the molecule is Cc1cc(C2CCCN(CC(=O)NCc3cccnc3)C2)n[nH]1. The lowest BCUT2D eigenvalue weighted by Crippen LogP contribution is -2.41. The van der Waals surface area contributed by atoms with Crippen molar-refractivity contribution in [1.29, 1.82) is 0 Å². The van der Waals surface area contributed by atoms with E-state index in [1.165, 1.54) is 0 Å². The highest BCUT2D eigenvalue weighted by Crippen LogP contribution is 2.25. The Morgan fingerprint density at radius 1 is 1.52 bits per heavy atom. The number of H-pyrrole nitrogens is 1. The minimum Gasteiger partial charge on any atom is -0.351 e. The number of nitrogens with zero attached hydrogens (tertiary/aromatic N) is 3. The summed E-state index contributed by atoms with van der Waals surface area (Å²) in [5.74, 6) is 0.479. The van der Waals surface area contributed by atoms with E-state index in [0.717, 1.165) is 42.9 Å². The van der Waals surface area contributed by atoms with Crippen molar-refractivity contribution in [2.75, 3.05) is 19.6 Å². The summed E-state index contributed by atoms with van der Waals surface area (Å²) in [7, 11) is 0. The number of carbonyl (C=O) groups is 1. The van der Waals surface area contributed by atoms with Gasteiger partial charge in [0.1, 0.15) is 0 Å². The topological polar surface area (TPSA) is 73.9 Å². The van der Waals surface area contributed by atoms with Gasteiger partial charge in [-0.1, -0.05) is 6.07 Å². The minimum atomic E-state index is 0.0627. The fourth-order valence-corrected chi connectivity index (χ4v) is 3.05. The third kappa shape index (κ3) is 4.39. The number of hydrogen-bond acceptors (Lipinski definition) is 4. The summed E-state index contributed by atoms with van der Waals surface area (Å²) in [4.78, 5) is 18.4. The molecule has 1 amide bonds. The number of piperidine rings is 1. The lowest BCUT2D eigenvalue weighted by atomic mass is 9.94. The first-order chi connectivity index (χ1) is 11.2. The van der Waals surface area contributed by atoms with E-state index in [1.54, 1.807) is 12.4 Å². The van der Waals surface area contributed by atoms with E-state index in [1.807, 2.05) is 19.1 Å². The monoisotopic (exact) mass is 313 g/mol. The van der Waals surface area contributed by atoms with Gasteiger partial charge in [-0.3, -0.25) is 19.8 Å². The summed E-state index contributed by atoms with van der Waals surface area (Å²) >= 11 is 0. The number of rotatable bonds is 5. The molecular weight excluding hydrogens is 290 g/mol. The number of carbonyl (C=O) groups excluding carboxylic acids is 1. The average molecular weight is 313 g/mol. The summed E-state index contributed by atoms with van der Waals surface area (Å²) < 4.78 is 0. The number of amides is 1. The van der Waals surface area contributed by atoms with E-state index in [4.69, 9.17) is 0 Å². The number of pyridine rings is 1. The molecule has 3 rings (SSSR count). The number of nitrogens with one attached hydrogen (secondary N) is 2. The molecule has 2 aromatic heterocycles. The van der Waals surface area contributed by atoms with Crippen molar-refractivity contribution in [3.63, 3.8) is 0 Å². The van der Waals surface area contributed by atoms with Gasteiger partial charge in [-0.15, -0.1) is 0 Å². The molecule has 1 fully saturated rings. The van der Waals surface area contributed by atoms with Crippen molar-refractivity contribution < 1.29 is 4.79 Å². The van der Waals surface area contributed by atoms with Crippen LogP contribution in [0.4, 0.5) is 0 Å². The Morgan fingerprint density at radius 3 is 3.17 bits per heavy atom. The Hall–Kier alpha value is -2.21. The van der Waals surface area contributed by atoms with Gasteiger partial charge in [-0.2, -0.15) is 5.10 Å². The molecule has 6 nitrogen and oxygen atoms in total. The molecule has 1 unspecified atom stereocenters. The molecule has 2 aromatic rings. The highest BCUT2D eigenvalue weighted by molar-refractivity contribution is 5.78. The molecule has 122 valence electrons. The van der Waals surface area contributed by atoms with Crippen molar-refractivity contribution in [2.45, 2.75) is 32.2 Å². The molecule has 1 aliphatic heterocycles. The summed E-state index contributed by atoms with van der Waals surface area (Å²) in [6.45, 7) is 4.86. The smallest absolute Gasteiger partial charge is 0.234 e. The maximum Gasteiger partial charge on any atom is 0.234 e. The van der Waals surface area contributed by atoms with Crippen LogP contribution >= 0.6 is 0 Å². The number of likely N-dealkylation sites (tertiary alicyclic amines) is 1. The fourth-order valence-electron chi connectivity index (χ4n) is 3.05. The van der Waals surface area contributed by atoms with Crippen LogP contribution in [-0.4, -0.2) is 45.6 Å². The second-order valence-corrected chi connectivity index (χ2v) is 6.19. The fraction of sp³-hybridized carbons (Fsp3) is 0.471. The van der Waals surface area contributed by atoms with Crippen LogP contribution in [0.1, 0.15) is 35.7 Å². The molecule has 0 aromatic carbocycles. The Morgan fingerprint density at radius 2 is 2.43 bits per heavy atom. The molecule has 0 aliphatic carbocycles. The molecule has 0 saturated carbocycles. The van der Waals surface area contributed by atoms with E-state index in [9.17, 15) is 4.79 Å². The van der Waals surface area contributed by atoms with Gasteiger partial charge in [0.05, 0.1) is 12.2 Å². The molecular formula is C17H23N5O. The standard InChI is InChI=1S/C17H23N5O/c1-13-8-16(21-20-13)15-5-3-7-22(11-15)12-17(23)19-10-14-4-2-6-18-9-14/h2,4,6,8-9,15H,3,5,7,10-12H2,1H3,(H,19,23)(H,20,21). The lowest BCUT2D eigenvalue weighted by molar-refractivity contribution is -0.122. The lowest BCUT2D eigenvalue weighted by Gasteiger charge is -2.31. The zero-order chi connectivity index (χ0) is 16.1. The van der Waals surface area contributed by atoms with Crippen LogP contribution in [-0.2, 0) is 11.3 Å². The van der Waals surface area contributed by atoms with E-state index in [-0.39, 0.29) is 5.91 Å². The van der Waals surface area contributed by atoms with Gasteiger partial charge in [0.25, 0.3) is 0 Å². The third-order valence-corrected chi connectivity index (χ3v) is 4.23. The average Bonchev–Trinajstić information content (AvgIpc) is 3.01. The molecule has 1 atom stereocenters. The molecule has 6 heteroatoms. The summed E-state index contributed by atoms with van der Waals surface area (Å²) in [6, 6.07) is 5.95. The Bertz CT molecular complexity index is 639. The van der Waals surface area contributed by atoms with Crippen LogP contribution in [0.2, 0.25) is 0 Å². The van der Waals surface area contributed by atoms with Gasteiger partial charge in [0.2, 0.25) is 5.91 Å². The van der Waals surface area contributed by atoms with Crippen LogP contribution in [0.25, 0.3) is 0 Å². The predicted octanol–water partition coefficient (Wildman–Crippen LogP) is 1.61. The van der Waals surface area contributed by atoms with E-state index in [2.05, 4.69) is 31.5 Å². The van der Waals surface area contributed by atoms with Crippen molar-refractivity contribution in [2.24, 2.45) is 0 Å². The molecule has 23 heavy (non-hydrogen) atoms. The molecule has 0 spiro atoms. The summed E-state index contributed by atoms with van der Waals surface area (Å²) in [5, 5.41) is 10.3. The van der Waals surface area contributed by atoms with Gasteiger partial charge in [0.15, 0.2) is 0 Å². The number of aryl methyl sites for hydroxylation is 1. The van der Waals surface area contributed by atoms with Crippen LogP contribution in [0, 0.1) is 6.92 Å². The van der Waals surface area contributed by atoms with Gasteiger partial charge in [-0.25, -0.2) is 0 Å². The maximum absolute atomic E-state index is 12.1. The van der Waals surface area contributed by atoms with E-state index in [0.29, 0.717) is 19.0 Å². The number of aromatic nitrogens is 3. The second kappa shape index (κ2) is 7.37. The number of hydrogen-bond donors (Lipinski definition) is 2. The normalized spacial score (nSPS) is 18.7. The highest BCUT2D eigenvalue weighted by atomic mass is 16.2. The molecule has 1 saturated heterocycles. The largest absolute Gasteiger partial charge is 0.351 e. The first kappa shape index (κ1) is 15.7. The Kier molecular flexibility index (Phi) is 5.02.